The SMILES string of the molecule is Cc1ccc(CN2C(=O)N(C(Cc3ccccc3)C(=O)O)C(=O)C2C(C)C)cc1. The van der Waals surface area contributed by atoms with Crippen LogP contribution in [-0.2, 0) is 22.6 Å². The lowest BCUT2D eigenvalue weighted by molar-refractivity contribution is -0.147. The van der Waals surface area contributed by atoms with Gasteiger partial charge in [-0.15, -0.1) is 0 Å². The lowest BCUT2D eigenvalue weighted by Gasteiger charge is -2.25. The molecule has 0 saturated carbocycles. The molecule has 1 fully saturated rings. The first-order valence-corrected chi connectivity index (χ1v) is 9.75. The predicted molar refractivity (Wildman–Crippen MR) is 109 cm³/mol. The third-order valence-electron chi connectivity index (χ3n) is 5.25. The Morgan fingerprint density at radius 2 is 1.62 bits per heavy atom. The van der Waals surface area contributed by atoms with Gasteiger partial charge in [0.05, 0.1) is 0 Å². The first kappa shape index (κ1) is 20.6. The van der Waals surface area contributed by atoms with Crippen molar-refractivity contribution in [3.05, 3.63) is 71.3 Å². The number of carboxylic acids is 1. The van der Waals surface area contributed by atoms with Crippen molar-refractivity contribution in [1.82, 2.24) is 9.80 Å². The fourth-order valence-electron chi connectivity index (χ4n) is 3.74. The van der Waals surface area contributed by atoms with Crippen LogP contribution >= 0.6 is 0 Å². The van der Waals surface area contributed by atoms with Crippen LogP contribution in [0, 0.1) is 12.8 Å². The molecule has 1 aliphatic heterocycles. The first-order valence-electron chi connectivity index (χ1n) is 9.75. The normalized spacial score (nSPS) is 17.9. The fourth-order valence-corrected chi connectivity index (χ4v) is 3.74. The van der Waals surface area contributed by atoms with Gasteiger partial charge in [-0.3, -0.25) is 4.79 Å². The summed E-state index contributed by atoms with van der Waals surface area (Å²) in [6.45, 7) is 5.98. The van der Waals surface area contributed by atoms with Crippen molar-refractivity contribution in [2.24, 2.45) is 5.92 Å². The maximum Gasteiger partial charge on any atom is 0.328 e. The number of carboxylic acid groups (broad SMARTS) is 1. The highest BCUT2D eigenvalue weighted by Crippen LogP contribution is 2.28. The average molecular weight is 394 g/mol. The van der Waals surface area contributed by atoms with E-state index in [0.29, 0.717) is 0 Å². The summed E-state index contributed by atoms with van der Waals surface area (Å²) in [6.07, 6.45) is 0.0802. The molecule has 1 heterocycles. The van der Waals surface area contributed by atoms with E-state index in [0.717, 1.165) is 21.6 Å². The Kier molecular flexibility index (Phi) is 6.01. The Balaban J connectivity index is 1.91. The van der Waals surface area contributed by atoms with Gasteiger partial charge in [0.2, 0.25) is 0 Å². The van der Waals surface area contributed by atoms with Gasteiger partial charge in [-0.05, 0) is 24.0 Å². The van der Waals surface area contributed by atoms with E-state index in [2.05, 4.69) is 0 Å². The number of nitrogens with zero attached hydrogens (tertiary/aromatic N) is 2. The Morgan fingerprint density at radius 3 is 2.17 bits per heavy atom. The summed E-state index contributed by atoms with van der Waals surface area (Å²) in [6, 6.07) is 14.3. The van der Waals surface area contributed by atoms with Crippen LogP contribution in [0.3, 0.4) is 0 Å². The van der Waals surface area contributed by atoms with Gasteiger partial charge in [-0.2, -0.15) is 0 Å². The maximum absolute atomic E-state index is 13.2. The van der Waals surface area contributed by atoms with Crippen LogP contribution in [0.15, 0.2) is 54.6 Å². The minimum Gasteiger partial charge on any atom is -0.480 e. The van der Waals surface area contributed by atoms with Crippen molar-refractivity contribution in [2.75, 3.05) is 0 Å². The molecule has 2 aromatic rings. The van der Waals surface area contributed by atoms with Crippen LogP contribution in [0.1, 0.15) is 30.5 Å². The molecule has 0 spiro atoms. The summed E-state index contributed by atoms with van der Waals surface area (Å²) in [5.74, 6) is -1.76. The van der Waals surface area contributed by atoms with Crippen LogP contribution < -0.4 is 0 Å². The van der Waals surface area contributed by atoms with Crippen LogP contribution in [0.2, 0.25) is 0 Å². The Hall–Kier alpha value is -3.15. The van der Waals surface area contributed by atoms with Gasteiger partial charge in [0.25, 0.3) is 5.91 Å². The molecule has 0 bridgehead atoms. The summed E-state index contributed by atoms with van der Waals surface area (Å²) in [5.41, 5.74) is 2.77. The highest BCUT2D eigenvalue weighted by Gasteiger charge is 2.50. The second kappa shape index (κ2) is 8.47. The number of amides is 3. The van der Waals surface area contributed by atoms with E-state index < -0.39 is 30.0 Å². The number of carbonyl (C=O) groups excluding carboxylic acids is 2. The lowest BCUT2D eigenvalue weighted by atomic mass is 10.0. The topological polar surface area (TPSA) is 77.9 Å². The number of rotatable bonds is 7. The third kappa shape index (κ3) is 4.31. The molecular formula is C23H26N2O4. The second-order valence-corrected chi connectivity index (χ2v) is 7.84. The van der Waals surface area contributed by atoms with Gasteiger partial charge in [-0.25, -0.2) is 14.5 Å². The Morgan fingerprint density at radius 1 is 1.00 bits per heavy atom. The van der Waals surface area contributed by atoms with Crippen LogP contribution in [0.25, 0.3) is 0 Å². The van der Waals surface area contributed by atoms with Crippen molar-refractivity contribution in [3.63, 3.8) is 0 Å². The minimum absolute atomic E-state index is 0.0802. The molecule has 6 nitrogen and oxygen atoms in total. The molecule has 1 saturated heterocycles. The van der Waals surface area contributed by atoms with Crippen molar-refractivity contribution >= 4 is 17.9 Å². The van der Waals surface area contributed by atoms with E-state index in [1.807, 2.05) is 63.2 Å². The number of urea groups is 1. The van der Waals surface area contributed by atoms with Gasteiger partial charge in [-0.1, -0.05) is 74.0 Å². The number of imide groups is 1. The van der Waals surface area contributed by atoms with Gasteiger partial charge in [0, 0.05) is 13.0 Å². The van der Waals surface area contributed by atoms with Gasteiger partial charge in [0.1, 0.15) is 12.1 Å². The highest BCUT2D eigenvalue weighted by molar-refractivity contribution is 6.07. The smallest absolute Gasteiger partial charge is 0.328 e. The molecule has 2 unspecified atom stereocenters. The molecule has 1 aliphatic rings. The number of benzene rings is 2. The number of aryl methyl sites for hydroxylation is 1. The zero-order chi connectivity index (χ0) is 21.1. The number of aliphatic carboxylic acids is 1. The molecule has 2 aromatic carbocycles. The van der Waals surface area contributed by atoms with E-state index in [4.69, 9.17) is 0 Å². The average Bonchev–Trinajstić information content (AvgIpc) is 2.92. The highest BCUT2D eigenvalue weighted by atomic mass is 16.4. The van der Waals surface area contributed by atoms with Gasteiger partial charge in [0.15, 0.2) is 0 Å². The van der Waals surface area contributed by atoms with Crippen molar-refractivity contribution in [2.45, 2.75) is 45.8 Å². The quantitative estimate of drug-likeness (QED) is 0.730. The van der Waals surface area contributed by atoms with E-state index in [1.54, 1.807) is 12.1 Å². The second-order valence-electron chi connectivity index (χ2n) is 7.84. The standard InChI is InChI=1S/C23H26N2O4/c1-15(2)20-21(26)25(19(22(27)28)13-17-7-5-4-6-8-17)23(29)24(20)14-18-11-9-16(3)10-12-18/h4-12,15,19-20H,13-14H2,1-3H3,(H,27,28). The Bertz CT molecular complexity index is 893. The van der Waals surface area contributed by atoms with Gasteiger partial charge < -0.3 is 10.0 Å². The van der Waals surface area contributed by atoms with E-state index in [9.17, 15) is 19.5 Å². The molecule has 3 amide bonds. The monoisotopic (exact) mass is 394 g/mol. The molecule has 6 heteroatoms. The summed E-state index contributed by atoms with van der Waals surface area (Å²) >= 11 is 0. The first-order chi connectivity index (χ1) is 13.8. The van der Waals surface area contributed by atoms with Crippen molar-refractivity contribution in [1.29, 1.82) is 0 Å². The largest absolute Gasteiger partial charge is 0.480 e. The fraction of sp³-hybridized carbons (Fsp3) is 0.348. The minimum atomic E-state index is -1.23. The molecule has 152 valence electrons. The lowest BCUT2D eigenvalue weighted by Crippen LogP contribution is -2.47. The van der Waals surface area contributed by atoms with Gasteiger partial charge >= 0.3 is 12.0 Å². The van der Waals surface area contributed by atoms with Crippen LogP contribution in [0.5, 0.6) is 0 Å². The van der Waals surface area contributed by atoms with Crippen molar-refractivity contribution in [3.8, 4) is 0 Å². The molecule has 0 aromatic heterocycles. The summed E-state index contributed by atoms with van der Waals surface area (Å²) in [5, 5.41) is 9.80. The van der Waals surface area contributed by atoms with Crippen LogP contribution in [0.4, 0.5) is 4.79 Å². The maximum atomic E-state index is 13.2. The molecule has 0 aliphatic carbocycles. The van der Waals surface area contributed by atoms with E-state index in [1.165, 1.54) is 4.90 Å². The molecular weight excluding hydrogens is 368 g/mol. The van der Waals surface area contributed by atoms with E-state index in [-0.39, 0.29) is 18.9 Å². The van der Waals surface area contributed by atoms with E-state index >= 15 is 0 Å². The molecule has 2 atom stereocenters. The van der Waals surface area contributed by atoms with Crippen LogP contribution in [-0.4, -0.2) is 44.9 Å². The summed E-state index contributed by atoms with van der Waals surface area (Å²) in [7, 11) is 0. The number of hydrogen-bond donors (Lipinski definition) is 1. The zero-order valence-corrected chi connectivity index (χ0v) is 16.9. The number of hydrogen-bond acceptors (Lipinski definition) is 3. The number of carbonyl (C=O) groups is 3. The predicted octanol–water partition coefficient (Wildman–Crippen LogP) is 3.48. The molecule has 0 radical (unpaired) electrons. The summed E-state index contributed by atoms with van der Waals surface area (Å²) in [4.78, 5) is 40.8. The molecule has 29 heavy (non-hydrogen) atoms. The van der Waals surface area contributed by atoms with Crippen molar-refractivity contribution < 1.29 is 19.5 Å². The summed E-state index contributed by atoms with van der Waals surface area (Å²) < 4.78 is 0. The third-order valence-corrected chi connectivity index (χ3v) is 5.25. The molecule has 3 rings (SSSR count). The molecule has 1 N–H and O–H groups in total. The Labute approximate surface area is 170 Å². The zero-order valence-electron chi connectivity index (χ0n) is 16.9.